The lowest BCUT2D eigenvalue weighted by Gasteiger charge is -2.32. The lowest BCUT2D eigenvalue weighted by Crippen LogP contribution is -2.41. The molecule has 1 aromatic carbocycles. The summed E-state index contributed by atoms with van der Waals surface area (Å²) in [6.45, 7) is 4.90. The predicted octanol–water partition coefficient (Wildman–Crippen LogP) is 2.10. The number of anilines is 1. The van der Waals surface area contributed by atoms with Crippen LogP contribution in [0.3, 0.4) is 0 Å². The van der Waals surface area contributed by atoms with Crippen molar-refractivity contribution >= 4 is 21.7 Å². The van der Waals surface area contributed by atoms with Crippen LogP contribution in [0.1, 0.15) is 35.6 Å². The number of benzene rings is 1. The monoisotopic (exact) mass is 391 g/mol. The Bertz CT molecular complexity index is 959. The van der Waals surface area contributed by atoms with Gasteiger partial charge in [0.05, 0.1) is 4.90 Å². The first-order valence-electron chi connectivity index (χ1n) is 8.84. The molecule has 0 saturated carbocycles. The van der Waals surface area contributed by atoms with Gasteiger partial charge >= 0.3 is 6.03 Å². The Hall–Kier alpha value is -2.39. The van der Waals surface area contributed by atoms with Crippen molar-refractivity contribution in [3.63, 3.8) is 0 Å². The highest BCUT2D eigenvalue weighted by Crippen LogP contribution is 2.28. The molecule has 1 fully saturated rings. The Morgan fingerprint density at radius 2 is 1.93 bits per heavy atom. The molecule has 0 bridgehead atoms. The lowest BCUT2D eigenvalue weighted by molar-refractivity contribution is 0.193. The molecular weight excluding hydrogens is 366 g/mol. The molecule has 0 unspecified atom stereocenters. The third-order valence-electron chi connectivity index (χ3n) is 5.27. The van der Waals surface area contributed by atoms with E-state index in [4.69, 9.17) is 5.14 Å². The van der Waals surface area contributed by atoms with Crippen LogP contribution in [0, 0.1) is 13.8 Å². The Morgan fingerprint density at radius 3 is 2.48 bits per heavy atom. The summed E-state index contributed by atoms with van der Waals surface area (Å²) >= 11 is 0. The Balaban J connectivity index is 1.70. The maximum Gasteiger partial charge on any atom is 0.321 e. The Labute approximate surface area is 159 Å². The van der Waals surface area contributed by atoms with E-state index in [1.807, 2.05) is 24.7 Å². The van der Waals surface area contributed by atoms with Crippen LogP contribution in [0.2, 0.25) is 0 Å². The second-order valence-corrected chi connectivity index (χ2v) is 8.59. The van der Waals surface area contributed by atoms with E-state index >= 15 is 0 Å². The second kappa shape index (κ2) is 7.32. The maximum atomic E-state index is 12.7. The van der Waals surface area contributed by atoms with Crippen molar-refractivity contribution in [2.45, 2.75) is 37.5 Å². The minimum absolute atomic E-state index is 0.00387. The first-order valence-corrected chi connectivity index (χ1v) is 10.4. The molecule has 8 nitrogen and oxygen atoms in total. The number of hydrogen-bond donors (Lipinski definition) is 2. The molecule has 1 aromatic heterocycles. The van der Waals surface area contributed by atoms with Gasteiger partial charge in [0.1, 0.15) is 0 Å². The number of nitrogens with one attached hydrogen (secondary N) is 1. The molecule has 0 atom stereocenters. The third-order valence-corrected chi connectivity index (χ3v) is 6.16. The van der Waals surface area contributed by atoms with Crippen LogP contribution in [-0.4, -0.2) is 42.2 Å². The first-order chi connectivity index (χ1) is 12.7. The van der Waals surface area contributed by atoms with Gasteiger partial charge in [0.25, 0.3) is 0 Å². The van der Waals surface area contributed by atoms with Crippen LogP contribution in [0.4, 0.5) is 10.5 Å². The van der Waals surface area contributed by atoms with Crippen LogP contribution in [-0.2, 0) is 17.1 Å². The third kappa shape index (κ3) is 4.14. The molecule has 2 aromatic rings. The van der Waals surface area contributed by atoms with Gasteiger partial charge in [-0.1, -0.05) is 0 Å². The zero-order valence-corrected chi connectivity index (χ0v) is 16.6. The molecule has 2 amide bonds. The van der Waals surface area contributed by atoms with Gasteiger partial charge in [-0.25, -0.2) is 18.4 Å². The van der Waals surface area contributed by atoms with Crippen LogP contribution < -0.4 is 10.5 Å². The average molecular weight is 391 g/mol. The number of likely N-dealkylation sites (tertiary alicyclic amines) is 1. The van der Waals surface area contributed by atoms with Gasteiger partial charge < -0.3 is 10.2 Å². The van der Waals surface area contributed by atoms with Crippen molar-refractivity contribution in [3.05, 3.63) is 41.2 Å². The molecule has 27 heavy (non-hydrogen) atoms. The van der Waals surface area contributed by atoms with E-state index in [9.17, 15) is 13.2 Å². The number of aryl methyl sites for hydroxylation is 2. The van der Waals surface area contributed by atoms with Gasteiger partial charge in [-0.3, -0.25) is 4.68 Å². The smallest absolute Gasteiger partial charge is 0.321 e. The van der Waals surface area contributed by atoms with Crippen molar-refractivity contribution in [2.24, 2.45) is 12.2 Å². The number of rotatable bonds is 3. The van der Waals surface area contributed by atoms with Crippen LogP contribution in [0.15, 0.2) is 29.3 Å². The summed E-state index contributed by atoms with van der Waals surface area (Å²) in [6.07, 6.45) is 3.52. The lowest BCUT2D eigenvalue weighted by atomic mass is 9.93. The maximum absolute atomic E-state index is 12.7. The molecule has 1 saturated heterocycles. The summed E-state index contributed by atoms with van der Waals surface area (Å²) in [5, 5.41) is 12.3. The molecule has 0 aliphatic carbocycles. The quantitative estimate of drug-likeness (QED) is 0.834. The van der Waals surface area contributed by atoms with Gasteiger partial charge in [0.2, 0.25) is 10.0 Å². The van der Waals surface area contributed by atoms with E-state index in [2.05, 4.69) is 10.4 Å². The second-order valence-electron chi connectivity index (χ2n) is 7.03. The number of urea groups is 1. The summed E-state index contributed by atoms with van der Waals surface area (Å²) in [5.74, 6) is 0.385. The molecule has 9 heteroatoms. The number of sulfonamides is 1. The van der Waals surface area contributed by atoms with E-state index < -0.39 is 10.0 Å². The highest BCUT2D eigenvalue weighted by atomic mass is 32.2. The fourth-order valence-corrected chi connectivity index (χ4v) is 4.10. The van der Waals surface area contributed by atoms with Crippen molar-refractivity contribution in [1.82, 2.24) is 14.7 Å². The topological polar surface area (TPSA) is 110 Å². The van der Waals surface area contributed by atoms with Crippen molar-refractivity contribution in [2.75, 3.05) is 18.4 Å². The van der Waals surface area contributed by atoms with Crippen LogP contribution >= 0.6 is 0 Å². The highest BCUT2D eigenvalue weighted by molar-refractivity contribution is 7.89. The number of aromatic nitrogens is 2. The predicted molar refractivity (Wildman–Crippen MR) is 103 cm³/mol. The fraction of sp³-hybridized carbons (Fsp3) is 0.444. The number of carbonyl (C=O) groups is 1. The number of carbonyl (C=O) groups excluding carboxylic acids is 1. The number of amides is 2. The summed E-state index contributed by atoms with van der Waals surface area (Å²) < 4.78 is 25.2. The number of primary sulfonamides is 1. The molecule has 3 rings (SSSR count). The van der Waals surface area contributed by atoms with Crippen LogP contribution in [0.5, 0.6) is 0 Å². The summed E-state index contributed by atoms with van der Waals surface area (Å²) in [6, 6.07) is 4.72. The zero-order valence-electron chi connectivity index (χ0n) is 15.8. The van der Waals surface area contributed by atoms with Gasteiger partial charge in [0.15, 0.2) is 0 Å². The normalized spacial score (nSPS) is 15.8. The average Bonchev–Trinajstić information content (AvgIpc) is 3.04. The van der Waals surface area contributed by atoms with E-state index in [0.29, 0.717) is 24.7 Å². The molecule has 0 radical (unpaired) electrons. The molecular formula is C18H25N5O3S. The first kappa shape index (κ1) is 19.4. The number of nitrogens with two attached hydrogens (primary N) is 1. The largest absolute Gasteiger partial charge is 0.324 e. The minimum atomic E-state index is -3.83. The van der Waals surface area contributed by atoms with Crippen LogP contribution in [0.25, 0.3) is 0 Å². The van der Waals surface area contributed by atoms with E-state index in [1.54, 1.807) is 18.0 Å². The fourth-order valence-electron chi connectivity index (χ4n) is 3.48. The standard InChI is InChI=1S/C18H25N5O3S/c1-12-10-15(27(19,25)26)11-16(13(12)2)21-18(24)23-8-5-14(6-9-23)17-4-7-20-22(17)3/h4,7,10-11,14H,5-6,8-9H2,1-3H3,(H,21,24)(H2,19,25,26). The SMILES string of the molecule is Cc1cc(S(N)(=O)=O)cc(NC(=O)N2CCC(c3ccnn3C)CC2)c1C. The summed E-state index contributed by atoms with van der Waals surface area (Å²) in [7, 11) is -1.91. The highest BCUT2D eigenvalue weighted by Gasteiger charge is 2.26. The van der Waals surface area contributed by atoms with Crippen molar-refractivity contribution in [1.29, 1.82) is 0 Å². The number of nitrogens with zero attached hydrogens (tertiary/aromatic N) is 3. The molecule has 1 aliphatic rings. The molecule has 1 aliphatic heterocycles. The van der Waals surface area contributed by atoms with Gasteiger partial charge in [0, 0.05) is 43.6 Å². The number of hydrogen-bond acceptors (Lipinski definition) is 4. The zero-order chi connectivity index (χ0) is 19.8. The van der Waals surface area contributed by atoms with Crippen molar-refractivity contribution in [3.8, 4) is 0 Å². The van der Waals surface area contributed by atoms with E-state index in [-0.39, 0.29) is 10.9 Å². The molecule has 146 valence electrons. The van der Waals surface area contributed by atoms with Gasteiger partial charge in [-0.15, -0.1) is 0 Å². The summed E-state index contributed by atoms with van der Waals surface area (Å²) in [5.41, 5.74) is 3.23. The Kier molecular flexibility index (Phi) is 5.25. The molecule has 3 N–H and O–H groups in total. The van der Waals surface area contributed by atoms with E-state index in [0.717, 1.165) is 24.0 Å². The van der Waals surface area contributed by atoms with Crippen molar-refractivity contribution < 1.29 is 13.2 Å². The summed E-state index contributed by atoms with van der Waals surface area (Å²) in [4.78, 5) is 14.4. The van der Waals surface area contributed by atoms with Gasteiger partial charge in [-0.05, 0) is 56.0 Å². The minimum Gasteiger partial charge on any atom is -0.324 e. The molecule has 2 heterocycles. The molecule has 0 spiro atoms. The van der Waals surface area contributed by atoms with Gasteiger partial charge in [-0.2, -0.15) is 5.10 Å². The van der Waals surface area contributed by atoms with E-state index in [1.165, 1.54) is 17.8 Å². The Morgan fingerprint density at radius 1 is 1.26 bits per heavy atom. The number of piperidine rings is 1.